The number of carbonyl (C=O) groups is 1. The molecule has 1 heterocycles. The van der Waals surface area contributed by atoms with Gasteiger partial charge < -0.3 is 9.47 Å². The molecule has 0 N–H and O–H groups in total. The van der Waals surface area contributed by atoms with Crippen molar-refractivity contribution in [2.75, 3.05) is 13.1 Å². The van der Waals surface area contributed by atoms with Crippen LogP contribution < -0.4 is 5.43 Å². The standard InChI is InChI=1S/C18H22N2O2/c1-6-20(10-12(2)3)18(22)15-11-19(5)16-8-7-13(4)9-14(16)17(15)21/h7-9,11H,2,6,10H2,1,3-5H3. The van der Waals surface area contributed by atoms with Gasteiger partial charge in [-0.15, -0.1) is 0 Å². The van der Waals surface area contributed by atoms with Crippen molar-refractivity contribution >= 4 is 16.8 Å². The summed E-state index contributed by atoms with van der Waals surface area (Å²) in [4.78, 5) is 27.0. The second kappa shape index (κ2) is 6.18. The Labute approximate surface area is 130 Å². The Bertz CT molecular complexity index is 803. The molecule has 0 saturated heterocycles. The summed E-state index contributed by atoms with van der Waals surface area (Å²) in [5.74, 6) is -0.241. The smallest absolute Gasteiger partial charge is 0.259 e. The maximum Gasteiger partial charge on any atom is 0.259 e. The number of aromatic nitrogens is 1. The van der Waals surface area contributed by atoms with Crippen molar-refractivity contribution in [3.63, 3.8) is 0 Å². The summed E-state index contributed by atoms with van der Waals surface area (Å²) in [6.07, 6.45) is 1.63. The normalized spacial score (nSPS) is 10.7. The molecule has 0 aliphatic carbocycles. The molecule has 0 aliphatic heterocycles. The molecule has 4 nitrogen and oxygen atoms in total. The summed E-state index contributed by atoms with van der Waals surface area (Å²) in [5.41, 5.74) is 2.73. The van der Waals surface area contributed by atoms with E-state index >= 15 is 0 Å². The Morgan fingerprint density at radius 2 is 2.05 bits per heavy atom. The number of likely N-dealkylation sites (N-methyl/N-ethyl adjacent to an activating group) is 1. The maximum atomic E-state index is 12.7. The molecule has 0 saturated carbocycles. The zero-order chi connectivity index (χ0) is 16.4. The van der Waals surface area contributed by atoms with E-state index in [0.717, 1.165) is 16.7 Å². The van der Waals surface area contributed by atoms with Crippen molar-refractivity contribution in [2.45, 2.75) is 20.8 Å². The molecule has 0 spiro atoms. The van der Waals surface area contributed by atoms with E-state index in [9.17, 15) is 9.59 Å². The zero-order valence-electron chi connectivity index (χ0n) is 13.6. The first-order valence-electron chi connectivity index (χ1n) is 7.38. The van der Waals surface area contributed by atoms with E-state index in [-0.39, 0.29) is 16.9 Å². The van der Waals surface area contributed by atoms with Crippen molar-refractivity contribution in [3.05, 3.63) is 57.9 Å². The van der Waals surface area contributed by atoms with Gasteiger partial charge in [-0.05, 0) is 32.9 Å². The Morgan fingerprint density at radius 1 is 1.36 bits per heavy atom. The van der Waals surface area contributed by atoms with E-state index in [1.165, 1.54) is 0 Å². The highest BCUT2D eigenvalue weighted by atomic mass is 16.2. The summed E-state index contributed by atoms with van der Waals surface area (Å²) >= 11 is 0. The Kier molecular flexibility index (Phi) is 4.50. The van der Waals surface area contributed by atoms with Crippen LogP contribution in [-0.4, -0.2) is 28.5 Å². The minimum absolute atomic E-state index is 0.207. The lowest BCUT2D eigenvalue weighted by Crippen LogP contribution is -2.35. The van der Waals surface area contributed by atoms with Crippen LogP contribution >= 0.6 is 0 Å². The predicted octanol–water partition coefficient (Wildman–Crippen LogP) is 2.89. The highest BCUT2D eigenvalue weighted by molar-refractivity contribution is 5.97. The maximum absolute atomic E-state index is 12.7. The van der Waals surface area contributed by atoms with Gasteiger partial charge in [0.25, 0.3) is 5.91 Å². The first kappa shape index (κ1) is 16.0. The lowest BCUT2D eigenvalue weighted by atomic mass is 10.1. The average Bonchev–Trinajstić information content (AvgIpc) is 2.47. The number of pyridine rings is 1. The van der Waals surface area contributed by atoms with Gasteiger partial charge in [0.05, 0.1) is 5.52 Å². The monoisotopic (exact) mass is 298 g/mol. The van der Waals surface area contributed by atoms with Crippen LogP contribution in [0.5, 0.6) is 0 Å². The lowest BCUT2D eigenvalue weighted by molar-refractivity contribution is 0.0776. The number of carbonyl (C=O) groups excluding carboxylic acids is 1. The SMILES string of the molecule is C=C(C)CN(CC)C(=O)c1cn(C)c2ccc(C)cc2c1=O. The Morgan fingerprint density at radius 3 is 2.64 bits per heavy atom. The minimum Gasteiger partial charge on any atom is -0.350 e. The number of hydrogen-bond acceptors (Lipinski definition) is 2. The van der Waals surface area contributed by atoms with Crippen molar-refractivity contribution in [2.24, 2.45) is 7.05 Å². The van der Waals surface area contributed by atoms with Crippen molar-refractivity contribution in [1.82, 2.24) is 9.47 Å². The fourth-order valence-corrected chi connectivity index (χ4v) is 2.58. The van der Waals surface area contributed by atoms with Crippen LogP contribution in [0.25, 0.3) is 10.9 Å². The largest absolute Gasteiger partial charge is 0.350 e. The first-order valence-corrected chi connectivity index (χ1v) is 7.38. The second-order valence-corrected chi connectivity index (χ2v) is 5.78. The Balaban J connectivity index is 2.60. The van der Waals surface area contributed by atoms with Gasteiger partial charge >= 0.3 is 0 Å². The number of aryl methyl sites for hydroxylation is 2. The molecule has 0 bridgehead atoms. The molecule has 116 valence electrons. The molecule has 22 heavy (non-hydrogen) atoms. The third-order valence-corrected chi connectivity index (χ3v) is 3.70. The fraction of sp³-hybridized carbons (Fsp3) is 0.333. The Hall–Kier alpha value is -2.36. The predicted molar refractivity (Wildman–Crippen MR) is 90.3 cm³/mol. The number of amides is 1. The van der Waals surface area contributed by atoms with Crippen LogP contribution in [0.15, 0.2) is 41.3 Å². The van der Waals surface area contributed by atoms with Crippen molar-refractivity contribution in [3.8, 4) is 0 Å². The molecule has 2 rings (SSSR count). The van der Waals surface area contributed by atoms with E-state index in [2.05, 4.69) is 6.58 Å². The summed E-state index contributed by atoms with van der Waals surface area (Å²) in [7, 11) is 1.85. The van der Waals surface area contributed by atoms with E-state index in [1.807, 2.05) is 50.6 Å². The second-order valence-electron chi connectivity index (χ2n) is 5.78. The molecular weight excluding hydrogens is 276 g/mol. The van der Waals surface area contributed by atoms with Gasteiger partial charge in [0.1, 0.15) is 5.56 Å². The van der Waals surface area contributed by atoms with Crippen LogP contribution in [0, 0.1) is 6.92 Å². The van der Waals surface area contributed by atoms with Gasteiger partial charge in [-0.1, -0.05) is 23.8 Å². The molecule has 4 heteroatoms. The van der Waals surface area contributed by atoms with Gasteiger partial charge in [0.15, 0.2) is 0 Å². The van der Waals surface area contributed by atoms with Gasteiger partial charge in [-0.2, -0.15) is 0 Å². The van der Waals surface area contributed by atoms with Crippen molar-refractivity contribution < 1.29 is 4.79 Å². The van der Waals surface area contributed by atoms with Crippen LogP contribution in [-0.2, 0) is 7.05 Å². The molecular formula is C18H22N2O2. The summed E-state index contributed by atoms with van der Waals surface area (Å²) in [5, 5.41) is 0.583. The summed E-state index contributed by atoms with van der Waals surface area (Å²) in [6, 6.07) is 5.71. The van der Waals surface area contributed by atoms with E-state index in [1.54, 1.807) is 11.1 Å². The third kappa shape index (κ3) is 2.96. The third-order valence-electron chi connectivity index (χ3n) is 3.70. The quantitative estimate of drug-likeness (QED) is 0.815. The van der Waals surface area contributed by atoms with Gasteiger partial charge in [0, 0.05) is 31.7 Å². The number of benzene rings is 1. The molecule has 1 aromatic heterocycles. The summed E-state index contributed by atoms with van der Waals surface area (Å²) in [6.45, 7) is 10.6. The number of rotatable bonds is 4. The highest BCUT2D eigenvalue weighted by Crippen LogP contribution is 2.14. The van der Waals surface area contributed by atoms with E-state index in [0.29, 0.717) is 18.5 Å². The minimum atomic E-state index is -0.241. The average molecular weight is 298 g/mol. The van der Waals surface area contributed by atoms with Crippen LogP contribution in [0.4, 0.5) is 0 Å². The lowest BCUT2D eigenvalue weighted by Gasteiger charge is -2.21. The highest BCUT2D eigenvalue weighted by Gasteiger charge is 2.19. The molecule has 0 fully saturated rings. The fourth-order valence-electron chi connectivity index (χ4n) is 2.58. The van der Waals surface area contributed by atoms with Gasteiger partial charge in [0.2, 0.25) is 5.43 Å². The topological polar surface area (TPSA) is 42.3 Å². The molecule has 0 aliphatic rings. The van der Waals surface area contributed by atoms with Crippen LogP contribution in [0.2, 0.25) is 0 Å². The molecule has 2 aromatic rings. The van der Waals surface area contributed by atoms with Crippen LogP contribution in [0.3, 0.4) is 0 Å². The number of fused-ring (bicyclic) bond motifs is 1. The van der Waals surface area contributed by atoms with E-state index in [4.69, 9.17) is 0 Å². The van der Waals surface area contributed by atoms with E-state index < -0.39 is 0 Å². The summed E-state index contributed by atoms with van der Waals surface area (Å²) < 4.78 is 1.83. The van der Waals surface area contributed by atoms with Gasteiger partial charge in [-0.25, -0.2) is 0 Å². The molecule has 0 unspecified atom stereocenters. The molecule has 0 radical (unpaired) electrons. The molecule has 1 amide bonds. The number of nitrogens with zero attached hydrogens (tertiary/aromatic N) is 2. The zero-order valence-corrected chi connectivity index (χ0v) is 13.6. The first-order chi connectivity index (χ1) is 10.3. The molecule has 1 aromatic carbocycles. The number of hydrogen-bond donors (Lipinski definition) is 0. The van der Waals surface area contributed by atoms with Gasteiger partial charge in [-0.3, -0.25) is 9.59 Å². The van der Waals surface area contributed by atoms with Crippen LogP contribution in [0.1, 0.15) is 29.8 Å². The van der Waals surface area contributed by atoms with Crippen molar-refractivity contribution in [1.29, 1.82) is 0 Å². The molecule has 0 atom stereocenters.